The molecular formula is C15H25ClN6O3. The zero-order valence-corrected chi connectivity index (χ0v) is 15.7. The maximum Gasteiger partial charge on any atom is 0.332 e. The first kappa shape index (κ1) is 20.9. The predicted molar refractivity (Wildman–Crippen MR) is 97.9 cm³/mol. The number of imidazole rings is 1. The number of carbonyl (C=O) groups excluding carboxylic acids is 1. The van der Waals surface area contributed by atoms with Crippen molar-refractivity contribution >= 4 is 29.5 Å². The van der Waals surface area contributed by atoms with Crippen LogP contribution in [0.25, 0.3) is 11.2 Å². The van der Waals surface area contributed by atoms with Gasteiger partial charge in [0.05, 0.1) is 6.33 Å². The second-order valence-corrected chi connectivity index (χ2v) is 6.39. The number of carbonyl (C=O) groups is 1. The fourth-order valence-corrected chi connectivity index (χ4v) is 2.74. The van der Waals surface area contributed by atoms with E-state index in [9.17, 15) is 14.4 Å². The molecule has 25 heavy (non-hydrogen) atoms. The van der Waals surface area contributed by atoms with Gasteiger partial charge in [-0.25, -0.2) is 14.3 Å². The highest BCUT2D eigenvalue weighted by atomic mass is 35.5. The number of aryl methyl sites for hydroxylation is 2. The summed E-state index contributed by atoms with van der Waals surface area (Å²) in [6.07, 6.45) is 2.19. The Bertz CT molecular complexity index is 866. The summed E-state index contributed by atoms with van der Waals surface area (Å²) in [5.74, 6) is -0.0351. The van der Waals surface area contributed by atoms with Crippen molar-refractivity contribution in [2.24, 2.45) is 25.7 Å². The molecule has 0 aliphatic rings. The smallest absolute Gasteiger partial charge is 0.332 e. The van der Waals surface area contributed by atoms with Crippen molar-refractivity contribution in [1.82, 2.24) is 24.0 Å². The zero-order chi connectivity index (χ0) is 18.0. The Morgan fingerprint density at radius 3 is 2.52 bits per heavy atom. The molecule has 0 aliphatic carbocycles. The second kappa shape index (κ2) is 8.30. The van der Waals surface area contributed by atoms with E-state index in [1.807, 2.05) is 13.8 Å². The molecule has 0 saturated carbocycles. The van der Waals surface area contributed by atoms with Crippen LogP contribution in [0.1, 0.15) is 20.3 Å². The first-order chi connectivity index (χ1) is 11.3. The van der Waals surface area contributed by atoms with Crippen LogP contribution in [0.4, 0.5) is 0 Å². The Morgan fingerprint density at radius 1 is 1.32 bits per heavy atom. The third-order valence-corrected chi connectivity index (χ3v) is 3.91. The molecule has 1 unspecified atom stereocenters. The Kier molecular flexibility index (Phi) is 6.95. The van der Waals surface area contributed by atoms with Gasteiger partial charge < -0.3 is 15.6 Å². The van der Waals surface area contributed by atoms with Gasteiger partial charge in [0.25, 0.3) is 5.56 Å². The van der Waals surface area contributed by atoms with Gasteiger partial charge in [-0.05, 0) is 12.3 Å². The summed E-state index contributed by atoms with van der Waals surface area (Å²) >= 11 is 0. The highest BCUT2D eigenvalue weighted by Gasteiger charge is 2.18. The van der Waals surface area contributed by atoms with E-state index in [2.05, 4.69) is 10.3 Å². The number of nitrogens with two attached hydrogens (primary N) is 1. The fraction of sp³-hybridized carbons (Fsp3) is 0.600. The molecule has 2 aromatic rings. The SMILES string of the molecule is CC(C)CC(CN)NC(=O)Cn1c(=O)c2c(ncn2C)n(C)c1=O.Cl. The average molecular weight is 373 g/mol. The molecule has 2 heterocycles. The number of halogens is 1. The van der Waals surface area contributed by atoms with Gasteiger partial charge in [-0.3, -0.25) is 14.2 Å². The number of aromatic nitrogens is 4. The molecule has 0 radical (unpaired) electrons. The van der Waals surface area contributed by atoms with Crippen LogP contribution in [0.5, 0.6) is 0 Å². The van der Waals surface area contributed by atoms with E-state index < -0.39 is 17.2 Å². The second-order valence-electron chi connectivity index (χ2n) is 6.39. The quantitative estimate of drug-likeness (QED) is 0.698. The molecule has 0 spiro atoms. The summed E-state index contributed by atoms with van der Waals surface area (Å²) < 4.78 is 3.72. The van der Waals surface area contributed by atoms with Gasteiger partial charge in [0.2, 0.25) is 5.91 Å². The van der Waals surface area contributed by atoms with E-state index in [0.29, 0.717) is 18.1 Å². The van der Waals surface area contributed by atoms with Gasteiger partial charge in [0.15, 0.2) is 11.2 Å². The lowest BCUT2D eigenvalue weighted by Crippen LogP contribution is -2.47. The summed E-state index contributed by atoms with van der Waals surface area (Å²) in [6.45, 7) is 4.02. The van der Waals surface area contributed by atoms with Crippen LogP contribution in [0.3, 0.4) is 0 Å². The molecule has 140 valence electrons. The zero-order valence-electron chi connectivity index (χ0n) is 14.9. The van der Waals surface area contributed by atoms with Crippen molar-refractivity contribution < 1.29 is 4.79 Å². The van der Waals surface area contributed by atoms with Crippen LogP contribution in [0, 0.1) is 5.92 Å². The van der Waals surface area contributed by atoms with Gasteiger partial charge in [-0.1, -0.05) is 13.8 Å². The van der Waals surface area contributed by atoms with Crippen LogP contribution in [-0.2, 0) is 25.4 Å². The van der Waals surface area contributed by atoms with Crippen molar-refractivity contribution in [3.05, 3.63) is 27.2 Å². The Morgan fingerprint density at radius 2 is 1.96 bits per heavy atom. The van der Waals surface area contributed by atoms with E-state index in [4.69, 9.17) is 5.73 Å². The van der Waals surface area contributed by atoms with Crippen LogP contribution in [-0.4, -0.2) is 37.2 Å². The molecule has 0 aliphatic heterocycles. The van der Waals surface area contributed by atoms with Gasteiger partial charge in [0, 0.05) is 26.7 Å². The molecule has 0 aromatic carbocycles. The summed E-state index contributed by atoms with van der Waals surface area (Å²) in [5, 5.41) is 2.78. The molecule has 10 heteroatoms. The maximum absolute atomic E-state index is 12.5. The number of nitrogens with one attached hydrogen (secondary N) is 1. The maximum atomic E-state index is 12.5. The lowest BCUT2D eigenvalue weighted by Gasteiger charge is -2.19. The molecule has 9 nitrogen and oxygen atoms in total. The average Bonchev–Trinajstić information content (AvgIpc) is 2.90. The van der Waals surface area contributed by atoms with Gasteiger partial charge in [0.1, 0.15) is 6.54 Å². The molecule has 2 aromatic heterocycles. The molecule has 0 saturated heterocycles. The number of rotatable bonds is 6. The number of hydrogen-bond acceptors (Lipinski definition) is 5. The van der Waals surface area contributed by atoms with E-state index >= 15 is 0 Å². The first-order valence-corrected chi connectivity index (χ1v) is 7.86. The lowest BCUT2D eigenvalue weighted by atomic mass is 10.0. The molecule has 2 rings (SSSR count). The minimum atomic E-state index is -0.575. The van der Waals surface area contributed by atoms with Gasteiger partial charge >= 0.3 is 5.69 Å². The standard InChI is InChI=1S/C15H24N6O3.ClH/c1-9(2)5-10(6-16)18-11(22)7-21-14(23)12-13(17-8-19(12)3)20(4)15(21)24;/h8-10H,5-7,16H2,1-4H3,(H,18,22);1H. The summed E-state index contributed by atoms with van der Waals surface area (Å²) in [6, 6.07) is -0.183. The lowest BCUT2D eigenvalue weighted by molar-refractivity contribution is -0.122. The van der Waals surface area contributed by atoms with E-state index in [1.165, 1.54) is 22.5 Å². The minimum Gasteiger partial charge on any atom is -0.351 e. The first-order valence-electron chi connectivity index (χ1n) is 7.86. The highest BCUT2D eigenvalue weighted by Crippen LogP contribution is 2.04. The van der Waals surface area contributed by atoms with Crippen molar-refractivity contribution in [2.45, 2.75) is 32.9 Å². The summed E-state index contributed by atoms with van der Waals surface area (Å²) in [7, 11) is 3.19. The third-order valence-electron chi connectivity index (χ3n) is 3.91. The van der Waals surface area contributed by atoms with Crippen LogP contribution >= 0.6 is 12.4 Å². The number of nitrogens with zero attached hydrogens (tertiary/aromatic N) is 4. The van der Waals surface area contributed by atoms with E-state index in [-0.39, 0.29) is 30.5 Å². The largest absolute Gasteiger partial charge is 0.351 e. The van der Waals surface area contributed by atoms with Crippen LogP contribution in [0.2, 0.25) is 0 Å². The van der Waals surface area contributed by atoms with E-state index in [0.717, 1.165) is 11.0 Å². The molecule has 0 bridgehead atoms. The topological polar surface area (TPSA) is 117 Å². The van der Waals surface area contributed by atoms with E-state index in [1.54, 1.807) is 7.05 Å². The predicted octanol–water partition coefficient (Wildman–Crippen LogP) is -0.655. The normalized spacial score (nSPS) is 12.2. The van der Waals surface area contributed by atoms with Crippen molar-refractivity contribution in [3.8, 4) is 0 Å². The van der Waals surface area contributed by atoms with Gasteiger partial charge in [-0.2, -0.15) is 0 Å². The molecule has 1 atom stereocenters. The molecule has 0 fully saturated rings. The van der Waals surface area contributed by atoms with Crippen molar-refractivity contribution in [1.29, 1.82) is 0 Å². The fourth-order valence-electron chi connectivity index (χ4n) is 2.74. The summed E-state index contributed by atoms with van der Waals surface area (Å²) in [5.41, 5.74) is 5.14. The Balaban J connectivity index is 0.00000312. The highest BCUT2D eigenvalue weighted by molar-refractivity contribution is 5.85. The van der Waals surface area contributed by atoms with Crippen LogP contribution < -0.4 is 22.3 Å². The van der Waals surface area contributed by atoms with Gasteiger partial charge in [-0.15, -0.1) is 12.4 Å². The Hall–Kier alpha value is -2.13. The van der Waals surface area contributed by atoms with Crippen LogP contribution in [0.15, 0.2) is 15.9 Å². The summed E-state index contributed by atoms with van der Waals surface area (Å²) in [4.78, 5) is 41.2. The van der Waals surface area contributed by atoms with Crippen molar-refractivity contribution in [2.75, 3.05) is 6.54 Å². The molecule has 1 amide bonds. The van der Waals surface area contributed by atoms with Crippen molar-refractivity contribution in [3.63, 3.8) is 0 Å². The Labute approximate surface area is 151 Å². The monoisotopic (exact) mass is 372 g/mol. The third kappa shape index (κ3) is 4.29. The molecular weight excluding hydrogens is 348 g/mol. The molecule has 3 N–H and O–H groups in total. The minimum absolute atomic E-state index is 0. The number of amides is 1. The number of hydrogen-bond donors (Lipinski definition) is 2. The number of fused-ring (bicyclic) bond motifs is 1.